The van der Waals surface area contributed by atoms with Gasteiger partial charge in [-0.3, -0.25) is 4.90 Å². The Kier molecular flexibility index (Phi) is 6.18. The van der Waals surface area contributed by atoms with Crippen molar-refractivity contribution in [2.24, 2.45) is 0 Å². The highest BCUT2D eigenvalue weighted by Gasteiger charge is 2.19. The molecule has 4 rings (SSSR count). The van der Waals surface area contributed by atoms with Gasteiger partial charge in [-0.05, 0) is 67.6 Å². The molecule has 0 fully saturated rings. The van der Waals surface area contributed by atoms with Crippen molar-refractivity contribution in [2.75, 3.05) is 33.9 Å². The Morgan fingerprint density at radius 2 is 1.74 bits per heavy atom. The highest BCUT2D eigenvalue weighted by Crippen LogP contribution is 2.33. The molecule has 0 atom stereocenters. The molecule has 2 aromatic carbocycles. The lowest BCUT2D eigenvalue weighted by Crippen LogP contribution is -2.32. The first kappa shape index (κ1) is 21.2. The average molecular weight is 424 g/mol. The molecule has 6 nitrogen and oxygen atoms in total. The van der Waals surface area contributed by atoms with E-state index in [1.165, 1.54) is 11.1 Å². The number of hydrogen-bond donors (Lipinski definition) is 0. The van der Waals surface area contributed by atoms with Gasteiger partial charge in [0.1, 0.15) is 11.3 Å². The van der Waals surface area contributed by atoms with Crippen molar-refractivity contribution >= 4 is 11.0 Å². The van der Waals surface area contributed by atoms with Gasteiger partial charge < -0.3 is 18.6 Å². The molecule has 3 aromatic rings. The van der Waals surface area contributed by atoms with Crippen LogP contribution in [0.3, 0.4) is 0 Å². The van der Waals surface area contributed by atoms with Gasteiger partial charge in [-0.1, -0.05) is 0 Å². The van der Waals surface area contributed by atoms with Crippen LogP contribution in [0.1, 0.15) is 28.7 Å². The molecule has 6 heteroatoms. The second-order valence-electron chi connectivity index (χ2n) is 8.00. The van der Waals surface area contributed by atoms with E-state index in [9.17, 15) is 4.79 Å². The summed E-state index contributed by atoms with van der Waals surface area (Å²) in [5.74, 6) is 2.29. The number of aryl methyl sites for hydroxylation is 1. The summed E-state index contributed by atoms with van der Waals surface area (Å²) in [7, 11) is 3.34. The Balaban J connectivity index is 1.33. The van der Waals surface area contributed by atoms with Gasteiger partial charge in [0.05, 0.1) is 20.8 Å². The molecule has 0 bridgehead atoms. The van der Waals surface area contributed by atoms with Crippen molar-refractivity contribution in [1.29, 1.82) is 0 Å². The van der Waals surface area contributed by atoms with Gasteiger partial charge in [-0.2, -0.15) is 0 Å². The normalized spacial score (nSPS) is 13.8. The topological polar surface area (TPSA) is 61.1 Å². The number of ether oxygens (including phenoxy) is 3. The van der Waals surface area contributed by atoms with Crippen LogP contribution in [0.2, 0.25) is 0 Å². The first-order valence-electron chi connectivity index (χ1n) is 10.6. The fourth-order valence-corrected chi connectivity index (χ4v) is 4.13. The summed E-state index contributed by atoms with van der Waals surface area (Å²) in [5, 5.41) is 0.948. The van der Waals surface area contributed by atoms with E-state index in [0.29, 0.717) is 17.8 Å². The number of rotatable bonds is 7. The molecule has 1 aliphatic rings. The second kappa shape index (κ2) is 9.02. The average Bonchev–Trinajstić information content (AvgIpc) is 2.79. The Labute approximate surface area is 182 Å². The molecule has 1 aromatic heterocycles. The Bertz CT molecular complexity index is 1150. The number of methoxy groups -OCH3 is 2. The van der Waals surface area contributed by atoms with Gasteiger partial charge in [0.15, 0.2) is 11.5 Å². The van der Waals surface area contributed by atoms with E-state index < -0.39 is 0 Å². The van der Waals surface area contributed by atoms with Crippen molar-refractivity contribution in [3.8, 4) is 17.2 Å². The highest BCUT2D eigenvalue weighted by molar-refractivity contribution is 5.82. The largest absolute Gasteiger partial charge is 0.493 e. The van der Waals surface area contributed by atoms with Crippen molar-refractivity contribution in [1.82, 2.24) is 4.90 Å². The van der Waals surface area contributed by atoms with Gasteiger partial charge in [0.25, 0.3) is 0 Å². The minimum Gasteiger partial charge on any atom is -0.493 e. The molecular formula is C25H29NO5. The lowest BCUT2D eigenvalue weighted by molar-refractivity contribution is 0.220. The van der Waals surface area contributed by atoms with Gasteiger partial charge in [-0.15, -0.1) is 0 Å². The molecule has 1 aliphatic heterocycles. The smallest absolute Gasteiger partial charge is 0.339 e. The number of benzene rings is 2. The minimum atomic E-state index is -0.290. The predicted molar refractivity (Wildman–Crippen MR) is 121 cm³/mol. The summed E-state index contributed by atoms with van der Waals surface area (Å²) < 4.78 is 22.2. The van der Waals surface area contributed by atoms with Crippen LogP contribution < -0.4 is 19.8 Å². The van der Waals surface area contributed by atoms with Crippen molar-refractivity contribution in [2.45, 2.75) is 33.2 Å². The first-order valence-corrected chi connectivity index (χ1v) is 10.6. The quantitative estimate of drug-likeness (QED) is 0.418. The van der Waals surface area contributed by atoms with E-state index in [0.717, 1.165) is 60.7 Å². The zero-order valence-corrected chi connectivity index (χ0v) is 18.6. The molecule has 31 heavy (non-hydrogen) atoms. The summed E-state index contributed by atoms with van der Waals surface area (Å²) >= 11 is 0. The number of nitrogens with zero attached hydrogens (tertiary/aromatic N) is 1. The molecule has 0 N–H and O–H groups in total. The Morgan fingerprint density at radius 3 is 2.48 bits per heavy atom. The zero-order valence-electron chi connectivity index (χ0n) is 18.6. The zero-order chi connectivity index (χ0) is 22.0. The van der Waals surface area contributed by atoms with Crippen molar-refractivity contribution in [3.63, 3.8) is 0 Å². The van der Waals surface area contributed by atoms with E-state index >= 15 is 0 Å². The molecular weight excluding hydrogens is 394 g/mol. The summed E-state index contributed by atoms with van der Waals surface area (Å²) in [5.41, 5.74) is 4.51. The van der Waals surface area contributed by atoms with Crippen LogP contribution in [-0.4, -0.2) is 38.8 Å². The standard InChI is InChI=1S/C25H29NO5/c1-16-17(2)25(27)31-22-14-20(6-7-21(16)22)30-11-5-9-26-10-8-18-12-23(28-3)24(29-4)13-19(18)15-26/h6-7,12-14H,5,8-11,15H2,1-4H3. The van der Waals surface area contributed by atoms with E-state index in [1.54, 1.807) is 27.2 Å². The molecule has 0 amide bonds. The molecule has 2 heterocycles. The van der Waals surface area contributed by atoms with Gasteiger partial charge >= 0.3 is 5.63 Å². The maximum Gasteiger partial charge on any atom is 0.339 e. The van der Waals surface area contributed by atoms with Crippen LogP contribution in [0.4, 0.5) is 0 Å². The second-order valence-corrected chi connectivity index (χ2v) is 8.00. The van der Waals surface area contributed by atoms with E-state index in [4.69, 9.17) is 18.6 Å². The summed E-state index contributed by atoms with van der Waals surface area (Å²) in [6.45, 7) is 7.20. The van der Waals surface area contributed by atoms with Crippen molar-refractivity contribution in [3.05, 3.63) is 63.0 Å². The minimum absolute atomic E-state index is 0.290. The van der Waals surface area contributed by atoms with E-state index in [2.05, 4.69) is 17.0 Å². The van der Waals surface area contributed by atoms with Gasteiger partial charge in [0.2, 0.25) is 0 Å². The molecule has 164 valence electrons. The molecule has 0 radical (unpaired) electrons. The van der Waals surface area contributed by atoms with Crippen LogP contribution in [0.15, 0.2) is 39.5 Å². The van der Waals surface area contributed by atoms with Gasteiger partial charge in [0, 0.05) is 36.7 Å². The lowest BCUT2D eigenvalue weighted by Gasteiger charge is -2.29. The fourth-order valence-electron chi connectivity index (χ4n) is 4.13. The monoisotopic (exact) mass is 423 g/mol. The summed E-state index contributed by atoms with van der Waals surface area (Å²) in [6.07, 6.45) is 1.91. The molecule has 0 unspecified atom stereocenters. The Hall–Kier alpha value is -2.99. The predicted octanol–water partition coefficient (Wildman–Crippen LogP) is 4.25. The first-order chi connectivity index (χ1) is 15.0. The van der Waals surface area contributed by atoms with Crippen LogP contribution in [0.5, 0.6) is 17.2 Å². The third-order valence-corrected chi connectivity index (χ3v) is 6.11. The Morgan fingerprint density at radius 1 is 1.00 bits per heavy atom. The van der Waals surface area contributed by atoms with Crippen LogP contribution >= 0.6 is 0 Å². The third kappa shape index (κ3) is 4.39. The third-order valence-electron chi connectivity index (χ3n) is 6.11. The highest BCUT2D eigenvalue weighted by atomic mass is 16.5. The van der Waals surface area contributed by atoms with Crippen LogP contribution in [-0.2, 0) is 13.0 Å². The fraction of sp³-hybridized carbons (Fsp3) is 0.400. The molecule has 0 saturated heterocycles. The number of hydrogen-bond acceptors (Lipinski definition) is 6. The van der Waals surface area contributed by atoms with E-state index in [1.807, 2.05) is 19.1 Å². The lowest BCUT2D eigenvalue weighted by atomic mass is 9.98. The van der Waals surface area contributed by atoms with Crippen LogP contribution in [0, 0.1) is 13.8 Å². The number of fused-ring (bicyclic) bond motifs is 2. The summed E-state index contributed by atoms with van der Waals surface area (Å²) in [6, 6.07) is 9.88. The molecule has 0 saturated carbocycles. The maximum absolute atomic E-state index is 11.9. The van der Waals surface area contributed by atoms with Crippen LogP contribution in [0.25, 0.3) is 11.0 Å². The SMILES string of the molecule is COc1cc2c(cc1OC)CN(CCCOc1ccc3c(C)c(C)c(=O)oc3c1)CC2. The van der Waals surface area contributed by atoms with E-state index in [-0.39, 0.29) is 5.63 Å². The molecule has 0 spiro atoms. The summed E-state index contributed by atoms with van der Waals surface area (Å²) in [4.78, 5) is 14.4. The molecule has 0 aliphatic carbocycles. The maximum atomic E-state index is 11.9. The van der Waals surface area contributed by atoms with Crippen molar-refractivity contribution < 1.29 is 18.6 Å². The van der Waals surface area contributed by atoms with Gasteiger partial charge in [-0.25, -0.2) is 4.79 Å².